The van der Waals surface area contributed by atoms with Gasteiger partial charge in [-0.15, -0.1) is 0 Å². The van der Waals surface area contributed by atoms with Crippen molar-refractivity contribution in [2.24, 2.45) is 5.41 Å². The summed E-state index contributed by atoms with van der Waals surface area (Å²) in [5.74, 6) is -0.764. The van der Waals surface area contributed by atoms with Gasteiger partial charge in [-0.3, -0.25) is 23.7 Å². The Morgan fingerprint density at radius 3 is 2.68 bits per heavy atom. The second kappa shape index (κ2) is 9.44. The smallest absolute Gasteiger partial charge is 0.403 e. The SMILES string of the molecule is CC(C)OC(=O)[C@@H](C)NP(=O)(O)OC[C@H]1O[C@@H](n2ccc(=O)[nH]c2=O)[C@](C)(C#N)[C@@H]1O. The standard InChI is InChI=1S/C17H25N4O9P/c1-9(2)29-14(24)10(3)20-31(26,27)28-7-11-13(23)17(4,8-18)15(30-11)21-6-5-12(22)19-16(21)25/h5-6,9-11,13,15,23H,7H2,1-4H3,(H,19,22,25)(H2,20,26,27)/t10-,11-,13-,15-,17-/m1/s1. The number of nitriles is 1. The number of aromatic nitrogens is 2. The molecule has 14 heteroatoms. The number of aliphatic hydroxyl groups excluding tert-OH is 1. The van der Waals surface area contributed by atoms with Crippen LogP contribution in [0.15, 0.2) is 21.9 Å². The Kier molecular flexibility index (Phi) is 7.59. The minimum atomic E-state index is -4.52. The Hall–Kier alpha value is -2.33. The number of rotatable bonds is 8. The van der Waals surface area contributed by atoms with Gasteiger partial charge >= 0.3 is 19.4 Å². The lowest BCUT2D eigenvalue weighted by atomic mass is 9.84. The number of aliphatic hydroxyl groups is 1. The average molecular weight is 460 g/mol. The quantitative estimate of drug-likeness (QED) is 0.285. The highest BCUT2D eigenvalue weighted by molar-refractivity contribution is 7.50. The number of carbonyl (C=O) groups is 1. The molecule has 0 radical (unpaired) electrons. The molecular formula is C17H25N4O9P. The fourth-order valence-electron chi connectivity index (χ4n) is 2.98. The van der Waals surface area contributed by atoms with Gasteiger partial charge < -0.3 is 19.5 Å². The maximum absolute atomic E-state index is 12.3. The summed E-state index contributed by atoms with van der Waals surface area (Å²) in [4.78, 5) is 47.2. The van der Waals surface area contributed by atoms with E-state index in [-0.39, 0.29) is 0 Å². The van der Waals surface area contributed by atoms with E-state index >= 15 is 0 Å². The molecule has 31 heavy (non-hydrogen) atoms. The Balaban J connectivity index is 2.13. The third-order valence-corrected chi connectivity index (χ3v) is 5.82. The van der Waals surface area contributed by atoms with E-state index in [1.165, 1.54) is 13.8 Å². The van der Waals surface area contributed by atoms with Crippen LogP contribution in [-0.2, 0) is 23.4 Å². The minimum absolute atomic E-state index is 0.422. The van der Waals surface area contributed by atoms with E-state index in [2.05, 4.69) is 5.09 Å². The number of nitrogens with one attached hydrogen (secondary N) is 2. The Labute approximate surface area is 177 Å². The molecule has 0 aromatic carbocycles. The van der Waals surface area contributed by atoms with Crippen LogP contribution < -0.4 is 16.3 Å². The van der Waals surface area contributed by atoms with Crippen molar-refractivity contribution in [2.45, 2.75) is 58.3 Å². The van der Waals surface area contributed by atoms with Crippen molar-refractivity contribution >= 4 is 13.7 Å². The van der Waals surface area contributed by atoms with E-state index in [9.17, 15) is 34.2 Å². The molecule has 0 spiro atoms. The summed E-state index contributed by atoms with van der Waals surface area (Å²) >= 11 is 0. The highest BCUT2D eigenvalue weighted by Crippen LogP contribution is 2.46. The van der Waals surface area contributed by atoms with E-state index in [1.807, 2.05) is 11.1 Å². The van der Waals surface area contributed by atoms with Crippen molar-refractivity contribution < 1.29 is 33.4 Å². The molecule has 1 fully saturated rings. The molecule has 0 bridgehead atoms. The van der Waals surface area contributed by atoms with E-state index < -0.39 is 67.6 Å². The second-order valence-electron chi connectivity index (χ2n) is 7.54. The highest BCUT2D eigenvalue weighted by Gasteiger charge is 2.55. The number of hydrogen-bond donors (Lipinski definition) is 4. The molecule has 13 nitrogen and oxygen atoms in total. The van der Waals surface area contributed by atoms with Crippen molar-refractivity contribution in [3.05, 3.63) is 33.1 Å². The van der Waals surface area contributed by atoms with Crippen LogP contribution in [0.4, 0.5) is 0 Å². The third-order valence-electron chi connectivity index (χ3n) is 4.60. The van der Waals surface area contributed by atoms with Crippen LogP contribution in [0, 0.1) is 16.7 Å². The predicted octanol–water partition coefficient (Wildman–Crippen LogP) is -0.629. The number of nitrogens with zero attached hydrogens (tertiary/aromatic N) is 2. The van der Waals surface area contributed by atoms with Gasteiger partial charge in [-0.25, -0.2) is 14.4 Å². The zero-order valence-electron chi connectivity index (χ0n) is 17.3. The first kappa shape index (κ1) is 24.9. The minimum Gasteiger partial charge on any atom is -0.462 e. The summed E-state index contributed by atoms with van der Waals surface area (Å²) in [5, 5.41) is 22.3. The summed E-state index contributed by atoms with van der Waals surface area (Å²) in [6, 6.07) is 1.76. The molecule has 0 saturated carbocycles. The first-order valence-corrected chi connectivity index (χ1v) is 10.9. The molecule has 1 unspecified atom stereocenters. The number of ether oxygens (including phenoxy) is 2. The maximum Gasteiger partial charge on any atom is 0.403 e. The molecule has 2 heterocycles. The van der Waals surface area contributed by atoms with Crippen LogP contribution in [0.3, 0.4) is 0 Å². The van der Waals surface area contributed by atoms with Gasteiger partial charge in [0.05, 0.1) is 18.8 Å². The van der Waals surface area contributed by atoms with Gasteiger partial charge in [0.25, 0.3) is 5.56 Å². The lowest BCUT2D eigenvalue weighted by Gasteiger charge is -2.25. The van der Waals surface area contributed by atoms with Crippen molar-refractivity contribution in [2.75, 3.05) is 6.61 Å². The zero-order valence-corrected chi connectivity index (χ0v) is 18.2. The number of H-pyrrole nitrogens is 1. The summed E-state index contributed by atoms with van der Waals surface area (Å²) in [5.41, 5.74) is -3.16. The van der Waals surface area contributed by atoms with Crippen molar-refractivity contribution in [3.8, 4) is 6.07 Å². The normalized spacial score (nSPS) is 28.6. The fraction of sp³-hybridized carbons (Fsp3) is 0.647. The van der Waals surface area contributed by atoms with Gasteiger partial charge in [-0.1, -0.05) is 0 Å². The van der Waals surface area contributed by atoms with Crippen molar-refractivity contribution in [3.63, 3.8) is 0 Å². The summed E-state index contributed by atoms with van der Waals surface area (Å²) in [6.07, 6.45) is -3.40. The molecule has 1 aromatic rings. The molecule has 172 valence electrons. The van der Waals surface area contributed by atoms with E-state index in [4.69, 9.17) is 14.0 Å². The van der Waals surface area contributed by atoms with Crippen molar-refractivity contribution in [1.82, 2.24) is 14.6 Å². The highest BCUT2D eigenvalue weighted by atomic mass is 31.2. The number of esters is 1. The lowest BCUT2D eigenvalue weighted by molar-refractivity contribution is -0.149. The fourth-order valence-corrected chi connectivity index (χ4v) is 3.99. The van der Waals surface area contributed by atoms with Crippen LogP contribution in [0.2, 0.25) is 0 Å². The maximum atomic E-state index is 12.3. The number of hydrogen-bond acceptors (Lipinski definition) is 9. The van der Waals surface area contributed by atoms with Gasteiger partial charge in [0.1, 0.15) is 23.7 Å². The third kappa shape index (κ3) is 5.68. The van der Waals surface area contributed by atoms with Gasteiger partial charge in [0.2, 0.25) is 0 Å². The number of carbonyl (C=O) groups excluding carboxylic acids is 1. The molecule has 6 atom stereocenters. The molecule has 2 rings (SSSR count). The Morgan fingerprint density at radius 1 is 1.48 bits per heavy atom. The molecule has 1 aliphatic heterocycles. The van der Waals surface area contributed by atoms with Gasteiger partial charge in [0, 0.05) is 12.3 Å². The van der Waals surface area contributed by atoms with Crippen LogP contribution in [0.1, 0.15) is 33.9 Å². The monoisotopic (exact) mass is 460 g/mol. The first-order chi connectivity index (χ1) is 14.3. The molecule has 4 N–H and O–H groups in total. The van der Waals surface area contributed by atoms with Gasteiger partial charge in [-0.05, 0) is 27.7 Å². The molecule has 0 amide bonds. The van der Waals surface area contributed by atoms with E-state index in [0.29, 0.717) is 0 Å². The van der Waals surface area contributed by atoms with E-state index in [0.717, 1.165) is 16.8 Å². The zero-order chi connectivity index (χ0) is 23.6. The molecule has 1 aliphatic rings. The van der Waals surface area contributed by atoms with Crippen molar-refractivity contribution in [1.29, 1.82) is 5.26 Å². The van der Waals surface area contributed by atoms with E-state index in [1.54, 1.807) is 13.8 Å². The number of aromatic amines is 1. The Bertz CT molecular complexity index is 1020. The molecule has 1 aromatic heterocycles. The summed E-state index contributed by atoms with van der Waals surface area (Å²) < 4.78 is 28.6. The second-order valence-corrected chi connectivity index (χ2v) is 9.09. The molecule has 1 saturated heterocycles. The topological polar surface area (TPSA) is 193 Å². The largest absolute Gasteiger partial charge is 0.462 e. The first-order valence-electron chi connectivity index (χ1n) is 9.32. The summed E-state index contributed by atoms with van der Waals surface area (Å²) in [6.45, 7) is 5.24. The lowest BCUT2D eigenvalue weighted by Crippen LogP contribution is -2.41. The van der Waals surface area contributed by atoms with Crippen LogP contribution >= 0.6 is 7.75 Å². The van der Waals surface area contributed by atoms with Crippen LogP contribution in [0.5, 0.6) is 0 Å². The molecule has 0 aliphatic carbocycles. The molecular weight excluding hydrogens is 435 g/mol. The van der Waals surface area contributed by atoms with Gasteiger partial charge in [-0.2, -0.15) is 5.26 Å². The van der Waals surface area contributed by atoms with Gasteiger partial charge in [0.15, 0.2) is 6.23 Å². The Morgan fingerprint density at radius 2 is 2.13 bits per heavy atom. The predicted molar refractivity (Wildman–Crippen MR) is 105 cm³/mol. The summed E-state index contributed by atoms with van der Waals surface area (Å²) in [7, 11) is -4.52. The van der Waals surface area contributed by atoms with Crippen LogP contribution in [-0.4, -0.2) is 56.5 Å². The van der Waals surface area contributed by atoms with Crippen LogP contribution in [0.25, 0.3) is 0 Å². The average Bonchev–Trinajstić information content (AvgIpc) is 2.91.